The van der Waals surface area contributed by atoms with Gasteiger partial charge in [-0.25, -0.2) is 0 Å². The van der Waals surface area contributed by atoms with Gasteiger partial charge in [-0.2, -0.15) is 0 Å². The SMILES string of the molecule is CCC1COCCN1CC(=O)Nc1ccc2c(c1)CCC2. The molecule has 1 heterocycles. The maximum absolute atomic E-state index is 12.2. The first-order valence-electron chi connectivity index (χ1n) is 7.99. The molecule has 1 aliphatic carbocycles. The van der Waals surface area contributed by atoms with Crippen LogP contribution in [-0.2, 0) is 22.4 Å². The summed E-state index contributed by atoms with van der Waals surface area (Å²) in [5.41, 5.74) is 3.76. The first-order valence-corrected chi connectivity index (χ1v) is 7.99. The Morgan fingerprint density at radius 3 is 3.10 bits per heavy atom. The molecule has 0 aromatic heterocycles. The lowest BCUT2D eigenvalue weighted by atomic mass is 10.1. The van der Waals surface area contributed by atoms with Crippen LogP contribution in [-0.4, -0.2) is 43.2 Å². The highest BCUT2D eigenvalue weighted by atomic mass is 16.5. The van der Waals surface area contributed by atoms with Crippen molar-refractivity contribution in [1.29, 1.82) is 0 Å². The van der Waals surface area contributed by atoms with Crippen LogP contribution in [0.2, 0.25) is 0 Å². The average Bonchev–Trinajstić information content (AvgIpc) is 2.95. The summed E-state index contributed by atoms with van der Waals surface area (Å²) in [5, 5.41) is 3.04. The number of benzene rings is 1. The normalized spacial score (nSPS) is 22.0. The van der Waals surface area contributed by atoms with E-state index in [9.17, 15) is 4.79 Å². The molecule has 0 bridgehead atoms. The van der Waals surface area contributed by atoms with Gasteiger partial charge >= 0.3 is 0 Å². The van der Waals surface area contributed by atoms with E-state index in [0.717, 1.165) is 38.3 Å². The summed E-state index contributed by atoms with van der Waals surface area (Å²) < 4.78 is 5.48. The van der Waals surface area contributed by atoms with E-state index in [4.69, 9.17) is 4.74 Å². The van der Waals surface area contributed by atoms with Gasteiger partial charge in [0.2, 0.25) is 5.91 Å². The van der Waals surface area contributed by atoms with Gasteiger partial charge in [0.25, 0.3) is 0 Å². The zero-order chi connectivity index (χ0) is 14.7. The van der Waals surface area contributed by atoms with Crippen molar-refractivity contribution in [2.75, 3.05) is 31.6 Å². The predicted molar refractivity (Wildman–Crippen MR) is 83.6 cm³/mol. The molecule has 1 fully saturated rings. The largest absolute Gasteiger partial charge is 0.378 e. The van der Waals surface area contributed by atoms with Crippen LogP contribution in [0.4, 0.5) is 5.69 Å². The standard InChI is InChI=1S/C17H24N2O2/c1-2-16-12-21-9-8-19(16)11-17(20)18-15-7-6-13-4-3-5-14(13)10-15/h6-7,10,16H,2-5,8-9,11-12H2,1H3,(H,18,20). The fourth-order valence-corrected chi connectivity index (χ4v) is 3.31. The number of hydrogen-bond donors (Lipinski definition) is 1. The van der Waals surface area contributed by atoms with Crippen molar-refractivity contribution in [3.05, 3.63) is 29.3 Å². The molecule has 4 nitrogen and oxygen atoms in total. The molecule has 114 valence electrons. The summed E-state index contributed by atoms with van der Waals surface area (Å²) >= 11 is 0. The Labute approximate surface area is 126 Å². The lowest BCUT2D eigenvalue weighted by Crippen LogP contribution is -2.48. The zero-order valence-corrected chi connectivity index (χ0v) is 12.7. The van der Waals surface area contributed by atoms with Gasteiger partial charge in [0.15, 0.2) is 0 Å². The first-order chi connectivity index (χ1) is 10.3. The lowest BCUT2D eigenvalue weighted by Gasteiger charge is -2.34. The molecule has 3 rings (SSSR count). The number of ether oxygens (including phenoxy) is 1. The molecule has 1 aromatic carbocycles. The molecule has 2 aliphatic rings. The number of nitrogens with one attached hydrogen (secondary N) is 1. The van der Waals surface area contributed by atoms with Gasteiger partial charge < -0.3 is 10.1 Å². The fraction of sp³-hybridized carbons (Fsp3) is 0.588. The summed E-state index contributed by atoms with van der Waals surface area (Å²) in [6.07, 6.45) is 4.57. The van der Waals surface area contributed by atoms with Crippen LogP contribution in [0.3, 0.4) is 0 Å². The van der Waals surface area contributed by atoms with E-state index in [1.165, 1.54) is 24.0 Å². The number of carbonyl (C=O) groups excluding carboxylic acids is 1. The van der Waals surface area contributed by atoms with E-state index in [0.29, 0.717) is 12.6 Å². The number of aryl methyl sites for hydroxylation is 2. The van der Waals surface area contributed by atoms with Crippen LogP contribution in [0.25, 0.3) is 0 Å². The van der Waals surface area contributed by atoms with Crippen molar-refractivity contribution in [3.8, 4) is 0 Å². The van der Waals surface area contributed by atoms with Crippen molar-refractivity contribution in [3.63, 3.8) is 0 Å². The molecule has 1 unspecified atom stereocenters. The fourth-order valence-electron chi connectivity index (χ4n) is 3.31. The minimum atomic E-state index is 0.0771. The maximum Gasteiger partial charge on any atom is 0.238 e. The van der Waals surface area contributed by atoms with E-state index in [2.05, 4.69) is 29.3 Å². The Bertz CT molecular complexity index is 516. The number of rotatable bonds is 4. The number of anilines is 1. The summed E-state index contributed by atoms with van der Waals surface area (Å²) in [5.74, 6) is 0.0771. The molecule has 0 spiro atoms. The van der Waals surface area contributed by atoms with Gasteiger partial charge in [-0.3, -0.25) is 9.69 Å². The van der Waals surface area contributed by atoms with Gasteiger partial charge in [-0.05, 0) is 48.9 Å². The van der Waals surface area contributed by atoms with Gasteiger partial charge in [0.1, 0.15) is 0 Å². The van der Waals surface area contributed by atoms with Crippen LogP contribution in [0, 0.1) is 0 Å². The number of morpholine rings is 1. The Hall–Kier alpha value is -1.39. The number of hydrogen-bond acceptors (Lipinski definition) is 3. The second kappa shape index (κ2) is 6.58. The summed E-state index contributed by atoms with van der Waals surface area (Å²) in [4.78, 5) is 14.5. The third kappa shape index (κ3) is 3.44. The Balaban J connectivity index is 1.58. The van der Waals surface area contributed by atoms with Crippen molar-refractivity contribution < 1.29 is 9.53 Å². The highest BCUT2D eigenvalue weighted by molar-refractivity contribution is 5.92. The third-order valence-corrected chi connectivity index (χ3v) is 4.55. The predicted octanol–water partition coefficient (Wildman–Crippen LogP) is 2.22. The molecule has 1 atom stereocenters. The van der Waals surface area contributed by atoms with Crippen molar-refractivity contribution in [1.82, 2.24) is 4.90 Å². The zero-order valence-electron chi connectivity index (χ0n) is 12.7. The quantitative estimate of drug-likeness (QED) is 0.923. The Kier molecular flexibility index (Phi) is 4.56. The number of amides is 1. The molecule has 1 N–H and O–H groups in total. The molecule has 0 saturated carbocycles. The van der Waals surface area contributed by atoms with Crippen LogP contribution in [0.1, 0.15) is 30.9 Å². The minimum absolute atomic E-state index is 0.0771. The van der Waals surface area contributed by atoms with Crippen molar-refractivity contribution >= 4 is 11.6 Å². The minimum Gasteiger partial charge on any atom is -0.378 e. The van der Waals surface area contributed by atoms with Gasteiger partial charge in [0.05, 0.1) is 19.8 Å². The number of fused-ring (bicyclic) bond motifs is 1. The van der Waals surface area contributed by atoms with E-state index in [1.54, 1.807) is 0 Å². The van der Waals surface area contributed by atoms with Crippen LogP contribution in [0.15, 0.2) is 18.2 Å². The monoisotopic (exact) mass is 288 g/mol. The highest BCUT2D eigenvalue weighted by Crippen LogP contribution is 2.24. The van der Waals surface area contributed by atoms with E-state index >= 15 is 0 Å². The van der Waals surface area contributed by atoms with E-state index < -0.39 is 0 Å². The second-order valence-corrected chi connectivity index (χ2v) is 5.99. The second-order valence-electron chi connectivity index (χ2n) is 5.99. The molecule has 4 heteroatoms. The molecular formula is C17H24N2O2. The lowest BCUT2D eigenvalue weighted by molar-refractivity contribution is -0.119. The summed E-state index contributed by atoms with van der Waals surface area (Å²) in [7, 11) is 0. The average molecular weight is 288 g/mol. The summed E-state index contributed by atoms with van der Waals surface area (Å²) in [6.45, 7) is 4.91. The van der Waals surface area contributed by atoms with Gasteiger partial charge in [-0.15, -0.1) is 0 Å². The number of nitrogens with zero attached hydrogens (tertiary/aromatic N) is 1. The van der Waals surface area contributed by atoms with E-state index in [1.807, 2.05) is 6.07 Å². The molecule has 1 aliphatic heterocycles. The third-order valence-electron chi connectivity index (χ3n) is 4.55. The first kappa shape index (κ1) is 14.5. The molecule has 0 radical (unpaired) electrons. The Morgan fingerprint density at radius 1 is 1.38 bits per heavy atom. The number of carbonyl (C=O) groups is 1. The van der Waals surface area contributed by atoms with Crippen LogP contribution < -0.4 is 5.32 Å². The van der Waals surface area contributed by atoms with E-state index in [-0.39, 0.29) is 5.91 Å². The molecular weight excluding hydrogens is 264 g/mol. The van der Waals surface area contributed by atoms with Crippen molar-refractivity contribution in [2.24, 2.45) is 0 Å². The topological polar surface area (TPSA) is 41.6 Å². The van der Waals surface area contributed by atoms with Gasteiger partial charge in [0, 0.05) is 18.3 Å². The molecule has 21 heavy (non-hydrogen) atoms. The highest BCUT2D eigenvalue weighted by Gasteiger charge is 2.23. The molecule has 1 saturated heterocycles. The van der Waals surface area contributed by atoms with Crippen molar-refractivity contribution in [2.45, 2.75) is 38.6 Å². The maximum atomic E-state index is 12.2. The molecule has 1 aromatic rings. The van der Waals surface area contributed by atoms with Gasteiger partial charge in [-0.1, -0.05) is 13.0 Å². The Morgan fingerprint density at radius 2 is 2.24 bits per heavy atom. The van der Waals surface area contributed by atoms with Crippen LogP contribution >= 0.6 is 0 Å². The summed E-state index contributed by atoms with van der Waals surface area (Å²) in [6, 6.07) is 6.68. The van der Waals surface area contributed by atoms with Crippen LogP contribution in [0.5, 0.6) is 0 Å². The smallest absolute Gasteiger partial charge is 0.238 e. The molecule has 1 amide bonds.